The number of carboxylic acids is 1. The number of nitrogen functional groups attached to an aromatic ring is 2. The van der Waals surface area contributed by atoms with Crippen LogP contribution < -0.4 is 38.5 Å². The molecule has 1 aromatic carbocycles. The molecule has 41 heteroatoms. The molecule has 2 bridgehead atoms. The minimum atomic E-state index is -4.49. The van der Waals surface area contributed by atoms with E-state index >= 15 is 0 Å². The van der Waals surface area contributed by atoms with Crippen molar-refractivity contribution in [1.82, 2.24) is 59.9 Å². The summed E-state index contributed by atoms with van der Waals surface area (Å²) >= 11 is 10.9. The standard InChI is InChI=1S/C52H70N16O21P2S2/c1-25(2)35(65-33(70)11-13-56-46(74)26(3)16-34(71)72)30(69)17-28(6-5-12-57-50(55)76)47(75)64-29-9-7-27(8-10-29)18-82-51(77)66(4)14-15-81-52(78)87-41-39-32(86-49(41)68-24-63-37-43(54)59-22-61-45(37)68)20-84-91(80,93)89-40-38(73)31(19-83-90(79,92)88-39)85-48(40)67-23-62-36-42(53)58-21-60-44(36)67/h7-10,21-26,28,31-32,35,38-41,48-49,73H,5-6,11-20H2,1-4H3,(H,56,74)(H,64,75)(H,65,70)(H,71,72)(H,79,92)(H,80,93)(H2,53,58,60)(H2,54,59,61)(H3,55,57,76)/t26?,28-,31-,32-,35+,38-,39-,40-,41-,48-,49-,90?,91?/m1/s1. The summed E-state index contributed by atoms with van der Waals surface area (Å²) in [6, 6.07) is 4.43. The van der Waals surface area contributed by atoms with Crippen LogP contribution in [0.2, 0.25) is 0 Å². The van der Waals surface area contributed by atoms with E-state index < -0.39 is 160 Å². The molecule has 3 unspecified atom stereocenters. The molecule has 3 aliphatic heterocycles. The molecule has 0 aliphatic carbocycles. The smallest absolute Gasteiger partial charge is 0.481 e. The van der Waals surface area contributed by atoms with Crippen LogP contribution in [0.15, 0.2) is 49.6 Å². The fourth-order valence-corrected chi connectivity index (χ4v) is 12.8. The molecule has 4 aromatic heterocycles. The Morgan fingerprint density at radius 3 is 2.00 bits per heavy atom. The van der Waals surface area contributed by atoms with Crippen molar-refractivity contribution in [2.75, 3.05) is 63.3 Å². The summed E-state index contributed by atoms with van der Waals surface area (Å²) in [5.41, 5.74) is 18.7. The number of aliphatic hydroxyl groups excluding tert-OH is 1. The van der Waals surface area contributed by atoms with Crippen molar-refractivity contribution in [3.8, 4) is 0 Å². The highest BCUT2D eigenvalue weighted by Crippen LogP contribution is 2.54. The van der Waals surface area contributed by atoms with Crippen LogP contribution in [0.25, 0.3) is 22.3 Å². The highest BCUT2D eigenvalue weighted by atomic mass is 32.5. The zero-order chi connectivity index (χ0) is 67.5. The number of nitrogens with zero attached hydrogens (tertiary/aromatic N) is 9. The van der Waals surface area contributed by atoms with E-state index in [0.717, 1.165) is 11.2 Å². The summed E-state index contributed by atoms with van der Waals surface area (Å²) in [6.07, 6.45) is -9.73. The lowest BCUT2D eigenvalue weighted by molar-refractivity contribution is -0.140. The Balaban J connectivity index is 0.863. The molecule has 3 saturated heterocycles. The summed E-state index contributed by atoms with van der Waals surface area (Å²) in [6.45, 7) is -6.37. The molecule has 14 N–H and O–H groups in total. The number of likely N-dealkylation sites (N-methyl/N-ethyl adjacent to an activating group) is 1. The second-order valence-corrected chi connectivity index (χ2v) is 27.5. The summed E-state index contributed by atoms with van der Waals surface area (Å²) in [5, 5.41) is 30.9. The quantitative estimate of drug-likeness (QED) is 0.0218. The summed E-state index contributed by atoms with van der Waals surface area (Å²) in [5.74, 6) is -5.39. The molecule has 3 fully saturated rings. The molecule has 7 heterocycles. The third kappa shape index (κ3) is 18.8. The number of amides is 6. The largest absolute Gasteiger partial charge is 0.508 e. The number of carbonyl (C=O) groups is 8. The zero-order valence-electron chi connectivity index (χ0n) is 50.2. The van der Waals surface area contributed by atoms with E-state index in [-0.39, 0.29) is 85.9 Å². The van der Waals surface area contributed by atoms with Gasteiger partial charge in [-0.2, -0.15) is 0 Å². The number of fused-ring (bicyclic) bond motifs is 5. The minimum absolute atomic E-state index is 0.0220. The van der Waals surface area contributed by atoms with Gasteiger partial charge in [0.05, 0.1) is 44.9 Å². The SMILES string of the molecule is CC(CC(=O)O)C(=O)NCCC(=O)N[C@H](C(=O)C[C@@H](CCCNC(N)=O)C(=O)Nc1ccc(COC(=O)N(C)CCOC(=O)O[C@@H]2[C@@H]3OP(O)(=S)OC[C@H]4O[C@@H](n5cnc6c(N)ncnc65)[C@H](OP(O)(=S)OC[C@H]3O[C@H]2n2cnc3c(N)ncnc32)[C@@H]4O)cc1)C(C)C. The van der Waals surface area contributed by atoms with Crippen LogP contribution in [0, 0.1) is 17.8 Å². The Bertz CT molecular complexity index is 3650. The number of rotatable bonds is 25. The summed E-state index contributed by atoms with van der Waals surface area (Å²) in [7, 11) is 1.36. The Morgan fingerprint density at radius 2 is 1.39 bits per heavy atom. The third-order valence-electron chi connectivity index (χ3n) is 14.8. The number of aliphatic carboxylic acids is 1. The van der Waals surface area contributed by atoms with Gasteiger partial charge >= 0.3 is 37.7 Å². The number of nitrogens with two attached hydrogens (primary N) is 3. The average Bonchev–Trinajstić information content (AvgIpc) is 1.62. The molecule has 5 aromatic rings. The molecule has 0 radical (unpaired) electrons. The number of anilines is 3. The molecule has 3 aliphatic rings. The number of aliphatic hydroxyl groups is 1. The van der Waals surface area contributed by atoms with Gasteiger partial charge in [-0.1, -0.05) is 32.9 Å². The number of carbonyl (C=O) groups excluding carboxylic acids is 7. The van der Waals surface area contributed by atoms with Crippen LogP contribution in [0.1, 0.15) is 70.9 Å². The number of hydrogen-bond donors (Lipinski definition) is 11. The van der Waals surface area contributed by atoms with E-state index in [1.165, 1.54) is 54.2 Å². The molecule has 6 amide bonds. The number of nitrogens with one attached hydrogen (secondary N) is 4. The first-order valence-corrected chi connectivity index (χ1v) is 33.9. The number of carboxylic acid groups (broad SMARTS) is 1. The van der Waals surface area contributed by atoms with Crippen molar-refractivity contribution < 1.29 is 100 Å². The maximum atomic E-state index is 13.8. The number of hydrogen-bond acceptors (Lipinski definition) is 28. The average molecular weight is 1380 g/mol. The van der Waals surface area contributed by atoms with E-state index in [1.54, 1.807) is 26.0 Å². The van der Waals surface area contributed by atoms with Crippen molar-refractivity contribution in [3.63, 3.8) is 0 Å². The highest BCUT2D eigenvalue weighted by molar-refractivity contribution is 8.07. The first kappa shape index (κ1) is 71.1. The monoisotopic (exact) mass is 1380 g/mol. The van der Waals surface area contributed by atoms with Crippen LogP contribution in [-0.4, -0.2) is 201 Å². The lowest BCUT2D eigenvalue weighted by Gasteiger charge is -2.29. The molecule has 8 rings (SSSR count). The fraction of sp³-hybridized carbons (Fsp3) is 0.538. The van der Waals surface area contributed by atoms with E-state index in [4.69, 9.17) is 87.7 Å². The molecule has 93 heavy (non-hydrogen) atoms. The molecule has 13 atom stereocenters. The molecule has 0 saturated carbocycles. The Kier molecular flexibility index (Phi) is 24.0. The van der Waals surface area contributed by atoms with E-state index in [2.05, 4.69) is 51.2 Å². The maximum absolute atomic E-state index is 13.8. The predicted molar refractivity (Wildman–Crippen MR) is 328 cm³/mol. The predicted octanol–water partition coefficient (Wildman–Crippen LogP) is 0.748. The number of ketones is 1. The van der Waals surface area contributed by atoms with Crippen molar-refractivity contribution >= 4 is 124 Å². The van der Waals surface area contributed by atoms with Gasteiger partial charge in [-0.05, 0) is 60.1 Å². The lowest BCUT2D eigenvalue weighted by atomic mass is 9.89. The Hall–Kier alpha value is -7.78. The van der Waals surface area contributed by atoms with Crippen molar-refractivity contribution in [1.29, 1.82) is 0 Å². The lowest BCUT2D eigenvalue weighted by Crippen LogP contribution is -2.46. The van der Waals surface area contributed by atoms with Gasteiger partial charge in [0.1, 0.15) is 67.4 Å². The molecular weight excluding hydrogens is 1310 g/mol. The minimum Gasteiger partial charge on any atom is -0.481 e. The van der Waals surface area contributed by atoms with Crippen molar-refractivity contribution in [3.05, 3.63) is 55.1 Å². The van der Waals surface area contributed by atoms with Crippen LogP contribution in [0.4, 0.5) is 31.7 Å². The van der Waals surface area contributed by atoms with E-state index in [0.29, 0.717) is 11.3 Å². The maximum Gasteiger partial charge on any atom is 0.508 e. The molecular formula is C52H70N16O21P2S2. The van der Waals surface area contributed by atoms with Gasteiger partial charge in [0.25, 0.3) is 0 Å². The highest BCUT2D eigenvalue weighted by Gasteiger charge is 2.55. The van der Waals surface area contributed by atoms with Crippen LogP contribution in [-0.2, 0) is 96.0 Å². The van der Waals surface area contributed by atoms with Gasteiger partial charge in [0.2, 0.25) is 17.7 Å². The number of ether oxygens (including phenoxy) is 5. The fourth-order valence-electron chi connectivity index (χ4n) is 9.96. The number of imidazole rings is 2. The van der Waals surface area contributed by atoms with Gasteiger partial charge < -0.3 is 96.1 Å². The van der Waals surface area contributed by atoms with Gasteiger partial charge in [-0.15, -0.1) is 0 Å². The van der Waals surface area contributed by atoms with Gasteiger partial charge in [-0.25, -0.2) is 44.3 Å². The Labute approximate surface area is 538 Å². The van der Waals surface area contributed by atoms with Gasteiger partial charge in [0, 0.05) is 50.5 Å². The number of primary amides is 1. The molecule has 37 nitrogen and oxygen atoms in total. The molecule has 0 spiro atoms. The van der Waals surface area contributed by atoms with Crippen LogP contribution in [0.5, 0.6) is 0 Å². The number of urea groups is 1. The topological polar surface area (TPSA) is 517 Å². The second-order valence-electron chi connectivity index (χ2n) is 21.9. The first-order valence-electron chi connectivity index (χ1n) is 28.7. The van der Waals surface area contributed by atoms with E-state index in [9.17, 15) is 53.2 Å². The normalized spacial score (nSPS) is 24.8. The van der Waals surface area contributed by atoms with Gasteiger partial charge in [-0.3, -0.25) is 42.2 Å². The van der Waals surface area contributed by atoms with Gasteiger partial charge in [0.15, 0.2) is 47.3 Å². The molecule has 506 valence electrons. The first-order chi connectivity index (χ1) is 44.1. The number of aromatic nitrogens is 8. The van der Waals surface area contributed by atoms with Crippen LogP contribution in [0.3, 0.4) is 0 Å². The summed E-state index contributed by atoms with van der Waals surface area (Å²) < 4.78 is 55.4. The number of Topliss-reactive ketones (excluding diaryl/α,β-unsaturated/α-hetero) is 1. The third-order valence-corrected chi connectivity index (χ3v) is 17.9. The van der Waals surface area contributed by atoms with Crippen molar-refractivity contribution in [2.24, 2.45) is 23.5 Å². The van der Waals surface area contributed by atoms with E-state index in [1.807, 2.05) is 0 Å². The van der Waals surface area contributed by atoms with Crippen molar-refractivity contribution in [2.45, 2.75) is 115 Å². The zero-order valence-corrected chi connectivity index (χ0v) is 53.7. The number of benzene rings is 1. The Morgan fingerprint density at radius 1 is 0.785 bits per heavy atom. The van der Waals surface area contributed by atoms with Crippen LogP contribution >= 0.6 is 13.4 Å². The second kappa shape index (κ2) is 31.4. The summed E-state index contributed by atoms with van der Waals surface area (Å²) in [4.78, 5) is 151.